The van der Waals surface area contributed by atoms with Crippen molar-refractivity contribution in [3.63, 3.8) is 0 Å². The molecule has 0 saturated heterocycles. The van der Waals surface area contributed by atoms with Gasteiger partial charge in [0.05, 0.1) is 5.75 Å². The SMILES string of the molecule is CCN(CC(=O)O)C(=O)CSc1nc(C)cc(C)n1. The molecule has 1 aromatic rings. The molecule has 0 saturated carbocycles. The maximum atomic E-state index is 11.8. The molecule has 0 bridgehead atoms. The first-order valence-electron chi connectivity index (χ1n) is 5.87. The number of aryl methyl sites for hydroxylation is 2. The summed E-state index contributed by atoms with van der Waals surface area (Å²) in [5, 5.41) is 9.24. The number of carbonyl (C=O) groups excluding carboxylic acids is 1. The molecule has 19 heavy (non-hydrogen) atoms. The summed E-state index contributed by atoms with van der Waals surface area (Å²) in [6.45, 7) is 5.58. The molecule has 6 nitrogen and oxygen atoms in total. The third-order valence-electron chi connectivity index (χ3n) is 2.35. The molecule has 0 aliphatic rings. The number of carboxylic acid groups (broad SMARTS) is 1. The molecule has 1 amide bonds. The van der Waals surface area contributed by atoms with E-state index in [-0.39, 0.29) is 18.2 Å². The van der Waals surface area contributed by atoms with Crippen molar-refractivity contribution < 1.29 is 14.7 Å². The zero-order valence-corrected chi connectivity index (χ0v) is 12.0. The number of rotatable bonds is 6. The smallest absolute Gasteiger partial charge is 0.323 e. The van der Waals surface area contributed by atoms with Gasteiger partial charge in [0.15, 0.2) is 5.16 Å². The molecule has 0 aromatic carbocycles. The van der Waals surface area contributed by atoms with Gasteiger partial charge < -0.3 is 10.0 Å². The van der Waals surface area contributed by atoms with Gasteiger partial charge in [-0.3, -0.25) is 9.59 Å². The van der Waals surface area contributed by atoms with Crippen LogP contribution >= 0.6 is 11.8 Å². The first-order chi connectivity index (χ1) is 8.92. The highest BCUT2D eigenvalue weighted by molar-refractivity contribution is 7.99. The molecule has 0 aliphatic heterocycles. The lowest BCUT2D eigenvalue weighted by molar-refractivity contribution is -0.143. The molecule has 0 spiro atoms. The normalized spacial score (nSPS) is 10.3. The van der Waals surface area contributed by atoms with E-state index in [1.807, 2.05) is 19.9 Å². The van der Waals surface area contributed by atoms with E-state index in [4.69, 9.17) is 5.11 Å². The molecule has 0 unspecified atom stereocenters. The van der Waals surface area contributed by atoms with E-state index < -0.39 is 5.97 Å². The minimum absolute atomic E-state index is 0.143. The fourth-order valence-electron chi connectivity index (χ4n) is 1.52. The Kier molecular flexibility index (Phi) is 5.75. The van der Waals surface area contributed by atoms with Crippen LogP contribution in [0.1, 0.15) is 18.3 Å². The van der Waals surface area contributed by atoms with E-state index in [9.17, 15) is 9.59 Å². The fraction of sp³-hybridized carbons (Fsp3) is 0.500. The molecule has 104 valence electrons. The molecule has 1 rings (SSSR count). The molecule has 1 N–H and O–H groups in total. The Labute approximate surface area is 116 Å². The van der Waals surface area contributed by atoms with Crippen molar-refractivity contribution in [3.05, 3.63) is 17.5 Å². The van der Waals surface area contributed by atoms with Crippen LogP contribution in [-0.4, -0.2) is 50.7 Å². The van der Waals surface area contributed by atoms with E-state index in [1.54, 1.807) is 6.92 Å². The summed E-state index contributed by atoms with van der Waals surface area (Å²) in [7, 11) is 0. The van der Waals surface area contributed by atoms with Crippen LogP contribution in [0.15, 0.2) is 11.2 Å². The van der Waals surface area contributed by atoms with E-state index in [0.29, 0.717) is 11.7 Å². The van der Waals surface area contributed by atoms with Gasteiger partial charge in [0.2, 0.25) is 5.91 Å². The maximum Gasteiger partial charge on any atom is 0.323 e. The third-order valence-corrected chi connectivity index (χ3v) is 3.18. The molecule has 0 aliphatic carbocycles. The van der Waals surface area contributed by atoms with E-state index in [2.05, 4.69) is 9.97 Å². The standard InChI is InChI=1S/C12H17N3O3S/c1-4-15(6-11(17)18)10(16)7-19-12-13-8(2)5-9(3)14-12/h5H,4,6-7H2,1-3H3,(H,17,18). The average Bonchev–Trinajstić information content (AvgIpc) is 2.31. The van der Waals surface area contributed by atoms with Crippen LogP contribution in [-0.2, 0) is 9.59 Å². The van der Waals surface area contributed by atoms with Crippen molar-refractivity contribution in [2.75, 3.05) is 18.8 Å². The summed E-state index contributed by atoms with van der Waals surface area (Å²) >= 11 is 1.22. The predicted molar refractivity (Wildman–Crippen MR) is 72.1 cm³/mol. The van der Waals surface area contributed by atoms with Crippen molar-refractivity contribution >= 4 is 23.6 Å². The van der Waals surface area contributed by atoms with Crippen molar-refractivity contribution in [1.29, 1.82) is 0 Å². The Balaban J connectivity index is 2.59. The Hall–Kier alpha value is -1.63. The predicted octanol–water partition coefficient (Wildman–Crippen LogP) is 1.12. The average molecular weight is 283 g/mol. The second-order valence-electron chi connectivity index (χ2n) is 4.02. The number of carbonyl (C=O) groups is 2. The number of aliphatic carboxylic acids is 1. The van der Waals surface area contributed by atoms with E-state index in [0.717, 1.165) is 11.4 Å². The van der Waals surface area contributed by atoms with Crippen LogP contribution in [0, 0.1) is 13.8 Å². The lowest BCUT2D eigenvalue weighted by Crippen LogP contribution is -2.36. The number of aromatic nitrogens is 2. The number of likely N-dealkylation sites (N-methyl/N-ethyl adjacent to an activating group) is 1. The third kappa shape index (κ3) is 5.25. The van der Waals surface area contributed by atoms with Crippen molar-refractivity contribution in [2.24, 2.45) is 0 Å². The number of hydrogen-bond donors (Lipinski definition) is 1. The van der Waals surface area contributed by atoms with E-state index in [1.165, 1.54) is 16.7 Å². The molecule has 7 heteroatoms. The van der Waals surface area contributed by atoms with Crippen LogP contribution in [0.3, 0.4) is 0 Å². The summed E-state index contributed by atoms with van der Waals surface area (Å²) in [4.78, 5) is 32.2. The Morgan fingerprint density at radius 3 is 2.37 bits per heavy atom. The van der Waals surface area contributed by atoms with Gasteiger partial charge in [-0.1, -0.05) is 11.8 Å². The number of carboxylic acids is 1. The molecule has 1 aromatic heterocycles. The minimum atomic E-state index is -1.01. The quantitative estimate of drug-likeness (QED) is 0.622. The number of amides is 1. The highest BCUT2D eigenvalue weighted by atomic mass is 32.2. The molecular weight excluding hydrogens is 266 g/mol. The lowest BCUT2D eigenvalue weighted by Gasteiger charge is -2.17. The number of nitrogens with zero attached hydrogens (tertiary/aromatic N) is 3. The fourth-order valence-corrected chi connectivity index (χ4v) is 2.37. The Bertz CT molecular complexity index is 459. The molecular formula is C12H17N3O3S. The molecule has 0 fully saturated rings. The maximum absolute atomic E-state index is 11.8. The molecule has 0 radical (unpaired) electrons. The summed E-state index contributed by atoms with van der Waals surface area (Å²) in [5.74, 6) is -1.09. The van der Waals surface area contributed by atoms with Gasteiger partial charge in [-0.2, -0.15) is 0 Å². The summed E-state index contributed by atoms with van der Waals surface area (Å²) in [5.41, 5.74) is 1.70. The van der Waals surface area contributed by atoms with Crippen LogP contribution in [0.25, 0.3) is 0 Å². The van der Waals surface area contributed by atoms with Gasteiger partial charge in [-0.05, 0) is 26.8 Å². The first kappa shape index (κ1) is 15.4. The van der Waals surface area contributed by atoms with Gasteiger partial charge in [-0.15, -0.1) is 0 Å². The zero-order valence-electron chi connectivity index (χ0n) is 11.2. The lowest BCUT2D eigenvalue weighted by atomic mass is 10.4. The molecule has 0 atom stereocenters. The summed E-state index contributed by atoms with van der Waals surface area (Å²) in [6, 6.07) is 1.86. The second kappa shape index (κ2) is 7.08. The van der Waals surface area contributed by atoms with Crippen molar-refractivity contribution in [2.45, 2.75) is 25.9 Å². The van der Waals surface area contributed by atoms with Crippen LogP contribution in [0.5, 0.6) is 0 Å². The Morgan fingerprint density at radius 2 is 1.89 bits per heavy atom. The first-order valence-corrected chi connectivity index (χ1v) is 6.85. The highest BCUT2D eigenvalue weighted by Gasteiger charge is 2.15. The van der Waals surface area contributed by atoms with Crippen molar-refractivity contribution in [3.8, 4) is 0 Å². The van der Waals surface area contributed by atoms with Gasteiger partial charge >= 0.3 is 5.97 Å². The second-order valence-corrected chi connectivity index (χ2v) is 4.97. The Morgan fingerprint density at radius 1 is 1.32 bits per heavy atom. The summed E-state index contributed by atoms with van der Waals surface area (Å²) < 4.78 is 0. The summed E-state index contributed by atoms with van der Waals surface area (Å²) in [6.07, 6.45) is 0. The van der Waals surface area contributed by atoms with E-state index >= 15 is 0 Å². The largest absolute Gasteiger partial charge is 0.480 e. The van der Waals surface area contributed by atoms with Crippen LogP contribution in [0.4, 0.5) is 0 Å². The number of hydrogen-bond acceptors (Lipinski definition) is 5. The topological polar surface area (TPSA) is 83.4 Å². The number of thioether (sulfide) groups is 1. The van der Waals surface area contributed by atoms with Crippen molar-refractivity contribution in [1.82, 2.24) is 14.9 Å². The van der Waals surface area contributed by atoms with Gasteiger partial charge in [0.1, 0.15) is 6.54 Å². The van der Waals surface area contributed by atoms with Crippen LogP contribution in [0.2, 0.25) is 0 Å². The molecule has 1 heterocycles. The monoisotopic (exact) mass is 283 g/mol. The van der Waals surface area contributed by atoms with Gasteiger partial charge in [-0.25, -0.2) is 9.97 Å². The van der Waals surface area contributed by atoms with Crippen LogP contribution < -0.4 is 0 Å². The van der Waals surface area contributed by atoms with Gasteiger partial charge in [0, 0.05) is 17.9 Å². The highest BCUT2D eigenvalue weighted by Crippen LogP contribution is 2.14. The van der Waals surface area contributed by atoms with Gasteiger partial charge in [0.25, 0.3) is 0 Å². The zero-order chi connectivity index (χ0) is 14.4. The minimum Gasteiger partial charge on any atom is -0.480 e.